The number of nitrogens with zero attached hydrogens (tertiary/aromatic N) is 1. The fourth-order valence-electron chi connectivity index (χ4n) is 2.48. The lowest BCUT2D eigenvalue weighted by Crippen LogP contribution is -2.55. The molecule has 0 aliphatic heterocycles. The quantitative estimate of drug-likeness (QED) is 0.335. The maximum absolute atomic E-state index is 12.4. The summed E-state index contributed by atoms with van der Waals surface area (Å²) < 4.78 is 0.760. The minimum absolute atomic E-state index is 0.0365. The molecular formula is C13H15BrClN3O2. The highest BCUT2D eigenvalue weighted by molar-refractivity contribution is 9.10. The molecule has 1 fully saturated rings. The molecule has 0 bridgehead atoms. The van der Waals surface area contributed by atoms with E-state index in [9.17, 15) is 4.79 Å². The molecule has 1 aliphatic rings. The number of nitrogens with two attached hydrogens (primary N) is 1. The number of halogens is 2. The third-order valence-corrected chi connectivity index (χ3v) is 4.40. The van der Waals surface area contributed by atoms with E-state index in [0.29, 0.717) is 23.4 Å². The number of oxime groups is 1. The fourth-order valence-corrected chi connectivity index (χ4v) is 3.04. The first-order chi connectivity index (χ1) is 9.48. The molecule has 4 N–H and O–H groups in total. The van der Waals surface area contributed by atoms with Gasteiger partial charge in [0.1, 0.15) is 5.54 Å². The van der Waals surface area contributed by atoms with Crippen LogP contribution in [-0.2, 0) is 0 Å². The molecule has 5 nitrogen and oxygen atoms in total. The zero-order valence-corrected chi connectivity index (χ0v) is 13.0. The van der Waals surface area contributed by atoms with Crippen molar-refractivity contribution in [1.82, 2.24) is 5.32 Å². The van der Waals surface area contributed by atoms with Crippen molar-refractivity contribution in [3.63, 3.8) is 0 Å². The molecule has 0 radical (unpaired) electrons. The monoisotopic (exact) mass is 359 g/mol. The van der Waals surface area contributed by atoms with Gasteiger partial charge in [-0.15, -0.1) is 0 Å². The number of nitrogens with one attached hydrogen (secondary N) is 1. The van der Waals surface area contributed by atoms with Gasteiger partial charge in [-0.3, -0.25) is 4.79 Å². The van der Waals surface area contributed by atoms with Crippen molar-refractivity contribution in [3.05, 3.63) is 33.3 Å². The summed E-state index contributed by atoms with van der Waals surface area (Å²) in [6.45, 7) is 0. The van der Waals surface area contributed by atoms with Crippen molar-refractivity contribution in [1.29, 1.82) is 0 Å². The molecule has 108 valence electrons. The van der Waals surface area contributed by atoms with Crippen molar-refractivity contribution in [3.8, 4) is 0 Å². The standard InChI is InChI=1S/C13H15BrClN3O2/c14-8-3-4-10(15)9(7-8)11(19)17-13(12(16)18-20)5-1-2-6-13/h3-4,7,20H,1-2,5-6H2,(H2,16,18)(H,17,19). The molecule has 1 aliphatic carbocycles. The van der Waals surface area contributed by atoms with Crippen molar-refractivity contribution in [2.24, 2.45) is 10.9 Å². The van der Waals surface area contributed by atoms with E-state index in [-0.39, 0.29) is 11.7 Å². The van der Waals surface area contributed by atoms with E-state index in [1.807, 2.05) is 0 Å². The van der Waals surface area contributed by atoms with Crippen LogP contribution in [0.3, 0.4) is 0 Å². The summed E-state index contributed by atoms with van der Waals surface area (Å²) in [5.74, 6) is -0.292. The van der Waals surface area contributed by atoms with Gasteiger partial charge in [0.15, 0.2) is 5.84 Å². The molecule has 2 rings (SSSR count). The first kappa shape index (κ1) is 15.1. The summed E-state index contributed by atoms with van der Waals surface area (Å²) in [4.78, 5) is 12.4. The summed E-state index contributed by atoms with van der Waals surface area (Å²) in [6.07, 6.45) is 3.14. The number of amidine groups is 1. The van der Waals surface area contributed by atoms with Crippen LogP contribution in [0.5, 0.6) is 0 Å². The Morgan fingerprint density at radius 3 is 2.70 bits per heavy atom. The molecule has 20 heavy (non-hydrogen) atoms. The Balaban J connectivity index is 2.27. The predicted molar refractivity (Wildman–Crippen MR) is 81.2 cm³/mol. The number of carbonyl (C=O) groups excluding carboxylic acids is 1. The van der Waals surface area contributed by atoms with Crippen LogP contribution in [-0.4, -0.2) is 22.5 Å². The van der Waals surface area contributed by atoms with E-state index >= 15 is 0 Å². The van der Waals surface area contributed by atoms with Crippen LogP contribution in [0, 0.1) is 0 Å². The smallest absolute Gasteiger partial charge is 0.253 e. The van der Waals surface area contributed by atoms with Gasteiger partial charge in [-0.25, -0.2) is 0 Å². The largest absolute Gasteiger partial charge is 0.409 e. The van der Waals surface area contributed by atoms with Gasteiger partial charge in [-0.05, 0) is 31.0 Å². The Labute approximate surface area is 130 Å². The second kappa shape index (κ2) is 6.01. The Morgan fingerprint density at radius 1 is 1.45 bits per heavy atom. The topological polar surface area (TPSA) is 87.7 Å². The average Bonchev–Trinajstić information content (AvgIpc) is 2.90. The van der Waals surface area contributed by atoms with Crippen LogP contribution in [0.1, 0.15) is 36.0 Å². The van der Waals surface area contributed by atoms with Gasteiger partial charge in [-0.1, -0.05) is 45.5 Å². The Morgan fingerprint density at radius 2 is 2.10 bits per heavy atom. The van der Waals surface area contributed by atoms with Gasteiger partial charge in [0.25, 0.3) is 5.91 Å². The second-order valence-corrected chi connectivity index (χ2v) is 6.18. The molecule has 0 unspecified atom stereocenters. The lowest BCUT2D eigenvalue weighted by atomic mass is 9.95. The van der Waals surface area contributed by atoms with Gasteiger partial charge in [0.2, 0.25) is 0 Å². The molecule has 1 saturated carbocycles. The summed E-state index contributed by atoms with van der Waals surface area (Å²) in [5, 5.41) is 15.2. The normalized spacial score (nSPS) is 18.0. The second-order valence-electron chi connectivity index (χ2n) is 4.85. The summed E-state index contributed by atoms with van der Waals surface area (Å²) in [7, 11) is 0. The maximum atomic E-state index is 12.4. The minimum atomic E-state index is -0.780. The van der Waals surface area contributed by atoms with Gasteiger partial charge in [-0.2, -0.15) is 0 Å². The molecule has 7 heteroatoms. The van der Waals surface area contributed by atoms with Gasteiger partial charge >= 0.3 is 0 Å². The zero-order valence-electron chi connectivity index (χ0n) is 10.7. The molecule has 1 aromatic carbocycles. The van der Waals surface area contributed by atoms with E-state index in [1.165, 1.54) is 0 Å². The summed E-state index contributed by atoms with van der Waals surface area (Å²) in [5.41, 5.74) is 5.33. The third kappa shape index (κ3) is 2.91. The highest BCUT2D eigenvalue weighted by Crippen LogP contribution is 2.31. The number of amides is 1. The van der Waals surface area contributed by atoms with Crippen molar-refractivity contribution in [2.75, 3.05) is 0 Å². The zero-order chi connectivity index (χ0) is 14.8. The van der Waals surface area contributed by atoms with E-state index < -0.39 is 5.54 Å². The van der Waals surface area contributed by atoms with Gasteiger partial charge < -0.3 is 16.3 Å². The minimum Gasteiger partial charge on any atom is -0.409 e. The molecule has 0 spiro atoms. The Bertz CT molecular complexity index is 557. The van der Waals surface area contributed by atoms with Crippen LogP contribution in [0.15, 0.2) is 27.8 Å². The van der Waals surface area contributed by atoms with Crippen LogP contribution >= 0.6 is 27.5 Å². The van der Waals surface area contributed by atoms with Gasteiger partial charge in [0, 0.05) is 4.47 Å². The number of hydrogen-bond donors (Lipinski definition) is 3. The highest BCUT2D eigenvalue weighted by Gasteiger charge is 2.40. The number of carbonyl (C=O) groups is 1. The average molecular weight is 361 g/mol. The molecule has 0 saturated heterocycles. The van der Waals surface area contributed by atoms with Crippen LogP contribution in [0.2, 0.25) is 5.02 Å². The highest BCUT2D eigenvalue weighted by atomic mass is 79.9. The molecule has 0 atom stereocenters. The number of hydrogen-bond acceptors (Lipinski definition) is 3. The van der Waals surface area contributed by atoms with Crippen molar-refractivity contribution in [2.45, 2.75) is 31.2 Å². The van der Waals surface area contributed by atoms with Crippen LogP contribution in [0.25, 0.3) is 0 Å². The van der Waals surface area contributed by atoms with Crippen molar-refractivity contribution >= 4 is 39.3 Å². The molecule has 0 aromatic heterocycles. The maximum Gasteiger partial charge on any atom is 0.253 e. The van der Waals surface area contributed by atoms with E-state index in [0.717, 1.165) is 17.3 Å². The van der Waals surface area contributed by atoms with E-state index in [2.05, 4.69) is 26.4 Å². The lowest BCUT2D eigenvalue weighted by Gasteiger charge is -2.28. The predicted octanol–water partition coefficient (Wildman–Crippen LogP) is 2.89. The molecule has 1 amide bonds. The van der Waals surface area contributed by atoms with Crippen LogP contribution in [0.4, 0.5) is 0 Å². The number of benzene rings is 1. The summed E-state index contributed by atoms with van der Waals surface area (Å²) in [6, 6.07) is 5.05. The Hall–Kier alpha value is -1.27. The van der Waals surface area contributed by atoms with E-state index in [4.69, 9.17) is 22.5 Å². The Kier molecular flexibility index (Phi) is 4.55. The first-order valence-corrected chi connectivity index (χ1v) is 7.41. The molecular weight excluding hydrogens is 346 g/mol. The lowest BCUT2D eigenvalue weighted by molar-refractivity contribution is 0.0923. The SMILES string of the molecule is N/C(=N/O)C1(NC(=O)c2cc(Br)ccc2Cl)CCCC1. The van der Waals surface area contributed by atoms with Crippen molar-refractivity contribution < 1.29 is 10.0 Å². The molecule has 1 aromatic rings. The number of rotatable bonds is 3. The molecule has 0 heterocycles. The van der Waals surface area contributed by atoms with E-state index in [1.54, 1.807) is 18.2 Å². The van der Waals surface area contributed by atoms with Gasteiger partial charge in [0.05, 0.1) is 10.6 Å². The van der Waals surface area contributed by atoms with Crippen LogP contribution < -0.4 is 11.1 Å². The first-order valence-electron chi connectivity index (χ1n) is 6.24. The third-order valence-electron chi connectivity index (χ3n) is 3.58. The summed E-state index contributed by atoms with van der Waals surface area (Å²) >= 11 is 9.35. The fraction of sp³-hybridized carbons (Fsp3) is 0.385.